The van der Waals surface area contributed by atoms with E-state index in [1.54, 1.807) is 12.1 Å². The Hall–Kier alpha value is -1.09. The van der Waals surface area contributed by atoms with Crippen LogP contribution in [0.3, 0.4) is 0 Å². The third-order valence-corrected chi connectivity index (χ3v) is 9.22. The maximum atomic E-state index is 11.4. The highest BCUT2D eigenvalue weighted by atomic mass is 32.2. The lowest BCUT2D eigenvalue weighted by atomic mass is 10.1. The van der Waals surface area contributed by atoms with E-state index in [9.17, 15) is 13.5 Å². The van der Waals surface area contributed by atoms with Crippen molar-refractivity contribution in [2.24, 2.45) is 5.73 Å². The van der Waals surface area contributed by atoms with E-state index in [2.05, 4.69) is 38.6 Å². The van der Waals surface area contributed by atoms with E-state index in [0.717, 1.165) is 11.8 Å². The van der Waals surface area contributed by atoms with Crippen molar-refractivity contribution in [1.82, 2.24) is 0 Å². The Balaban J connectivity index is 3.15. The first-order valence-electron chi connectivity index (χ1n) is 7.45. The van der Waals surface area contributed by atoms with Crippen molar-refractivity contribution in [3.8, 4) is 5.75 Å². The summed E-state index contributed by atoms with van der Waals surface area (Å²) in [5, 5.41) is 9.86. The van der Waals surface area contributed by atoms with Crippen LogP contribution in [-0.2, 0) is 14.4 Å². The number of nitrogens with two attached hydrogens (primary N) is 1. The number of benzene rings is 1. The largest absolute Gasteiger partial charge is 0.506 e. The molecule has 0 radical (unpaired) electrons. The summed E-state index contributed by atoms with van der Waals surface area (Å²) in [7, 11) is -5.51. The fourth-order valence-corrected chi connectivity index (χ4v) is 3.68. The first kappa shape index (κ1) is 20.0. The molecule has 23 heavy (non-hydrogen) atoms. The molecule has 1 atom stereocenters. The van der Waals surface area contributed by atoms with Crippen molar-refractivity contribution in [3.63, 3.8) is 0 Å². The number of anilines is 1. The first-order valence-corrected chi connectivity index (χ1v) is 12.3. The summed E-state index contributed by atoms with van der Waals surface area (Å²) in [6.45, 7) is 11.0. The molecular formula is C15H28N2O4SSi. The molecule has 6 nitrogen and oxygen atoms in total. The number of phenolic OH excluding ortho intramolecular Hbond substituents is 1. The van der Waals surface area contributed by atoms with Crippen LogP contribution in [-0.4, -0.2) is 34.6 Å². The van der Waals surface area contributed by atoms with Crippen LogP contribution in [0.4, 0.5) is 5.69 Å². The summed E-state index contributed by atoms with van der Waals surface area (Å²) >= 11 is 0. The van der Waals surface area contributed by atoms with Gasteiger partial charge in [-0.1, -0.05) is 26.8 Å². The summed E-state index contributed by atoms with van der Waals surface area (Å²) < 4.78 is 31.4. The van der Waals surface area contributed by atoms with Gasteiger partial charge in [0.15, 0.2) is 8.32 Å². The quantitative estimate of drug-likeness (QED) is 0.535. The van der Waals surface area contributed by atoms with Crippen LogP contribution in [0.5, 0.6) is 5.75 Å². The van der Waals surface area contributed by atoms with Gasteiger partial charge in [0.25, 0.3) is 0 Å². The van der Waals surface area contributed by atoms with Gasteiger partial charge in [-0.05, 0) is 35.8 Å². The molecule has 0 bridgehead atoms. The fraction of sp³-hybridized carbons (Fsp3) is 0.600. The Morgan fingerprint density at radius 2 is 1.91 bits per heavy atom. The zero-order valence-corrected chi connectivity index (χ0v) is 16.5. The molecule has 4 N–H and O–H groups in total. The molecule has 0 heterocycles. The molecule has 0 saturated carbocycles. The van der Waals surface area contributed by atoms with Crippen LogP contribution in [0.25, 0.3) is 0 Å². The fourth-order valence-electron chi connectivity index (χ4n) is 1.82. The Labute approximate surface area is 140 Å². The zero-order valence-electron chi connectivity index (χ0n) is 14.7. The lowest BCUT2D eigenvalue weighted by Gasteiger charge is -2.39. The molecule has 1 aromatic rings. The van der Waals surface area contributed by atoms with Crippen molar-refractivity contribution in [2.45, 2.75) is 45.0 Å². The van der Waals surface area contributed by atoms with Gasteiger partial charge in [-0.3, -0.25) is 4.72 Å². The SMILES string of the molecule is CC(C)(C)[Si](C)(C)O[C@@H](CN)c1ccc(O)c(NS(C)(=O)=O)c1. The highest BCUT2D eigenvalue weighted by Crippen LogP contribution is 2.40. The summed E-state index contributed by atoms with van der Waals surface area (Å²) in [6, 6.07) is 4.72. The third-order valence-electron chi connectivity index (χ3n) is 4.14. The average molecular weight is 361 g/mol. The topological polar surface area (TPSA) is 102 Å². The average Bonchev–Trinajstić information content (AvgIpc) is 2.36. The molecule has 0 aliphatic rings. The third kappa shape index (κ3) is 5.49. The molecule has 1 rings (SSSR count). The van der Waals surface area contributed by atoms with Crippen LogP contribution in [0.15, 0.2) is 18.2 Å². The standard InChI is InChI=1S/C15H28N2O4SSi/c1-15(2,3)23(5,6)21-14(10-16)11-7-8-13(18)12(9-11)17-22(4,19)20/h7-9,14,17-18H,10,16H2,1-6H3/t14-/m0/s1. The van der Waals surface area contributed by atoms with Crippen molar-refractivity contribution < 1.29 is 18.0 Å². The van der Waals surface area contributed by atoms with E-state index in [1.807, 2.05) is 0 Å². The number of hydrogen-bond acceptors (Lipinski definition) is 5. The van der Waals surface area contributed by atoms with Crippen LogP contribution >= 0.6 is 0 Å². The highest BCUT2D eigenvalue weighted by molar-refractivity contribution is 7.92. The lowest BCUT2D eigenvalue weighted by molar-refractivity contribution is 0.191. The van der Waals surface area contributed by atoms with E-state index in [4.69, 9.17) is 10.2 Å². The Bertz CT molecular complexity index is 654. The van der Waals surface area contributed by atoms with Crippen LogP contribution in [0.2, 0.25) is 18.1 Å². The van der Waals surface area contributed by atoms with Gasteiger partial charge < -0.3 is 15.3 Å². The van der Waals surface area contributed by atoms with Crippen molar-refractivity contribution in [2.75, 3.05) is 17.5 Å². The maximum absolute atomic E-state index is 11.4. The molecule has 1 aromatic carbocycles. The molecule has 0 fully saturated rings. The maximum Gasteiger partial charge on any atom is 0.229 e. The zero-order chi connectivity index (χ0) is 18.1. The molecule has 0 amide bonds. The number of sulfonamides is 1. The van der Waals surface area contributed by atoms with Gasteiger partial charge in [0.05, 0.1) is 18.0 Å². The molecule has 0 aromatic heterocycles. The Morgan fingerprint density at radius 3 is 2.35 bits per heavy atom. The predicted octanol–water partition coefficient (Wildman–Crippen LogP) is 2.79. The molecule has 0 saturated heterocycles. The second kappa shape index (κ2) is 6.80. The number of hydrogen-bond donors (Lipinski definition) is 3. The van der Waals surface area contributed by atoms with Gasteiger partial charge in [-0.25, -0.2) is 8.42 Å². The van der Waals surface area contributed by atoms with Gasteiger partial charge in [0.1, 0.15) is 5.75 Å². The van der Waals surface area contributed by atoms with E-state index >= 15 is 0 Å². The van der Waals surface area contributed by atoms with Crippen LogP contribution in [0, 0.1) is 0 Å². The smallest absolute Gasteiger partial charge is 0.229 e. The van der Waals surface area contributed by atoms with Crippen molar-refractivity contribution in [1.29, 1.82) is 0 Å². The number of nitrogens with one attached hydrogen (secondary N) is 1. The van der Waals surface area contributed by atoms with Gasteiger partial charge in [0, 0.05) is 6.54 Å². The Morgan fingerprint density at radius 1 is 1.35 bits per heavy atom. The summed E-state index contributed by atoms with van der Waals surface area (Å²) in [5.41, 5.74) is 6.73. The minimum absolute atomic E-state index is 0.0329. The molecular weight excluding hydrogens is 332 g/mol. The predicted molar refractivity (Wildman–Crippen MR) is 96.7 cm³/mol. The summed E-state index contributed by atoms with van der Waals surface area (Å²) in [5.74, 6) is -0.137. The van der Waals surface area contributed by atoms with Crippen molar-refractivity contribution >= 4 is 24.0 Å². The monoisotopic (exact) mass is 360 g/mol. The minimum Gasteiger partial charge on any atom is -0.506 e. The first-order chi connectivity index (χ1) is 10.3. The Kier molecular flexibility index (Phi) is 5.90. The van der Waals surface area contributed by atoms with Crippen LogP contribution < -0.4 is 10.5 Å². The highest BCUT2D eigenvalue weighted by Gasteiger charge is 2.39. The van der Waals surface area contributed by atoms with E-state index in [0.29, 0.717) is 0 Å². The van der Waals surface area contributed by atoms with Gasteiger partial charge >= 0.3 is 0 Å². The lowest BCUT2D eigenvalue weighted by Crippen LogP contribution is -2.43. The second-order valence-corrected chi connectivity index (χ2v) is 13.8. The van der Waals surface area contributed by atoms with Crippen LogP contribution in [0.1, 0.15) is 32.4 Å². The van der Waals surface area contributed by atoms with Gasteiger partial charge in [-0.15, -0.1) is 0 Å². The molecule has 0 aliphatic heterocycles. The van der Waals surface area contributed by atoms with Gasteiger partial charge in [0.2, 0.25) is 10.0 Å². The van der Waals surface area contributed by atoms with E-state index in [1.165, 1.54) is 6.07 Å². The normalized spacial score (nSPS) is 14.6. The van der Waals surface area contributed by atoms with Crippen molar-refractivity contribution in [3.05, 3.63) is 23.8 Å². The molecule has 0 spiro atoms. The van der Waals surface area contributed by atoms with E-state index in [-0.39, 0.29) is 29.1 Å². The molecule has 0 aliphatic carbocycles. The molecule has 0 unspecified atom stereocenters. The van der Waals surface area contributed by atoms with E-state index < -0.39 is 18.3 Å². The summed E-state index contributed by atoms with van der Waals surface area (Å²) in [6.07, 6.45) is 0.683. The molecule has 8 heteroatoms. The number of rotatable bonds is 6. The summed E-state index contributed by atoms with van der Waals surface area (Å²) in [4.78, 5) is 0. The molecule has 132 valence electrons. The number of phenols is 1. The van der Waals surface area contributed by atoms with Gasteiger partial charge in [-0.2, -0.15) is 0 Å². The number of aromatic hydroxyl groups is 1. The minimum atomic E-state index is -3.48. The second-order valence-electron chi connectivity index (χ2n) is 7.25.